The molecule has 2 rings (SSSR count). The van der Waals surface area contributed by atoms with E-state index < -0.39 is 0 Å². The molecule has 0 spiro atoms. The van der Waals surface area contributed by atoms with Crippen LogP contribution in [0.4, 0.5) is 0 Å². The summed E-state index contributed by atoms with van der Waals surface area (Å²) in [7, 11) is 0.765. The van der Waals surface area contributed by atoms with Gasteiger partial charge >= 0.3 is 0 Å². The summed E-state index contributed by atoms with van der Waals surface area (Å²) >= 11 is 9.62. The van der Waals surface area contributed by atoms with E-state index in [1.807, 2.05) is 60.7 Å². The molecule has 0 unspecified atom stereocenters. The van der Waals surface area contributed by atoms with Crippen molar-refractivity contribution in [2.24, 2.45) is 0 Å². The summed E-state index contributed by atoms with van der Waals surface area (Å²) in [6.07, 6.45) is 12.3. The predicted octanol–water partition coefficient (Wildman–Crippen LogP) is 10.9. The second-order valence-corrected chi connectivity index (χ2v) is 38.5. The smallest absolute Gasteiger partial charge is 0.0899 e. The third-order valence-corrected chi connectivity index (χ3v) is 18.5. The summed E-state index contributed by atoms with van der Waals surface area (Å²) in [4.78, 5) is 1.81. The fraction of sp³-hybridized carbons (Fsp3) is 0.667. The van der Waals surface area contributed by atoms with E-state index in [-0.39, 0.29) is 102 Å². The van der Waals surface area contributed by atoms with Crippen molar-refractivity contribution in [3.63, 3.8) is 0 Å². The Balaban J connectivity index is -0.000000109. The molecule has 0 atom stereocenters. The standard InChI is InChI=1S/4C6H16P2.2C6H6S.2Rh/c4*1-7(2)5-6-8(3)4;2*7-6-4-2-1-3-5-6;;/h4*5-6H2,1-4H3;2*1-5,7H;;/p+6. The van der Waals surface area contributed by atoms with Crippen molar-refractivity contribution in [1.29, 1.82) is 0 Å². The summed E-state index contributed by atoms with van der Waals surface area (Å²) in [6, 6.07) is 19.2. The maximum Gasteiger partial charge on any atom is 0.0899 e. The van der Waals surface area contributed by atoms with Crippen molar-refractivity contribution in [3.8, 4) is 0 Å². The van der Waals surface area contributed by atoms with Crippen LogP contribution < -0.4 is 0 Å². The zero-order valence-electron chi connectivity index (χ0n) is 33.9. The topological polar surface area (TPSA) is 0 Å². The first-order valence-corrected chi connectivity index (χ1v) is 39.5. The van der Waals surface area contributed by atoms with Gasteiger partial charge in [0.2, 0.25) is 0 Å². The Hall–Kier alpha value is 3.57. The molecule has 0 nitrogen and oxygen atoms in total. The summed E-state index contributed by atoms with van der Waals surface area (Å²) < 4.78 is 0. The van der Waals surface area contributed by atoms with Gasteiger partial charge in [0.05, 0.1) is 49.3 Å². The zero-order chi connectivity index (χ0) is 36.5. The number of hydrogen-bond acceptors (Lipinski definition) is 2. The van der Waals surface area contributed by atoms with E-state index in [0.717, 1.165) is 9.79 Å². The van der Waals surface area contributed by atoms with Gasteiger partial charge in [0.15, 0.2) is 0 Å². The van der Waals surface area contributed by atoms with Crippen LogP contribution in [0.25, 0.3) is 0 Å². The number of rotatable bonds is 12. The molecule has 2 aromatic rings. The average molecular weight is 1030 g/mol. The molecule has 2 radical (unpaired) electrons. The third-order valence-electron chi connectivity index (χ3n) is 5.99. The first-order chi connectivity index (χ1) is 21.3. The largest absolute Gasteiger partial charge is 0.780 e. The molecular weight excluding hydrogens is 950 g/mol. The van der Waals surface area contributed by atoms with Crippen LogP contribution in [-0.2, 0) is 64.2 Å². The fourth-order valence-electron chi connectivity index (χ4n) is 2.84. The molecular formula is C36H82P8Rh2S2+6. The fourth-order valence-corrected chi connectivity index (χ4v) is 19.2. The summed E-state index contributed by atoms with van der Waals surface area (Å²) in [5, 5.41) is 0. The molecule has 0 aromatic heterocycles. The summed E-state index contributed by atoms with van der Waals surface area (Å²) in [5.74, 6) is 0. The molecule has 0 aliphatic heterocycles. The minimum absolute atomic E-state index is 0. The molecule has 0 aliphatic carbocycles. The van der Waals surface area contributed by atoms with Gasteiger partial charge in [-0.25, -0.2) is 0 Å². The van der Waals surface area contributed by atoms with E-state index in [9.17, 15) is 0 Å². The minimum Gasteiger partial charge on any atom is -0.780 e. The van der Waals surface area contributed by atoms with Gasteiger partial charge in [-0.15, -0.1) is 0 Å². The molecule has 0 amide bonds. The normalized spacial score (nSPS) is 10.0. The Bertz CT molecular complexity index is 698. The van der Waals surface area contributed by atoms with Crippen LogP contribution in [0.15, 0.2) is 70.5 Å². The van der Waals surface area contributed by atoms with Crippen molar-refractivity contribution in [2.45, 2.75) is 9.79 Å². The predicted molar refractivity (Wildman–Crippen MR) is 264 cm³/mol. The Morgan fingerprint density at radius 2 is 0.417 bits per heavy atom. The molecule has 48 heavy (non-hydrogen) atoms. The molecule has 2 aromatic carbocycles. The third kappa shape index (κ3) is 74.7. The van der Waals surface area contributed by atoms with Crippen LogP contribution >= 0.6 is 63.4 Å². The van der Waals surface area contributed by atoms with Crippen molar-refractivity contribution < 1.29 is 39.0 Å². The molecule has 0 N–H and O–H groups in total. The first kappa shape index (κ1) is 63.5. The molecule has 0 heterocycles. The SMILES string of the molecule is C[PH+](C)CC[PH+](C)C.C[PH+](C)CC[PH+](C)C.C[PH+](C)CC[PH+](C)C.C[PH+](C)CC[PH+](C)C.[Rh].[Rh].[S-]c1ccccc1.[S-]c1ccccc1. The van der Waals surface area contributed by atoms with Crippen molar-refractivity contribution in [3.05, 3.63) is 60.7 Å². The van der Waals surface area contributed by atoms with E-state index in [0.29, 0.717) is 0 Å². The Morgan fingerprint density at radius 1 is 0.292 bits per heavy atom. The van der Waals surface area contributed by atoms with Crippen molar-refractivity contribution in [1.82, 2.24) is 0 Å². The van der Waals surface area contributed by atoms with Gasteiger partial charge in [-0.3, -0.25) is 0 Å². The molecule has 290 valence electrons. The second-order valence-electron chi connectivity index (χ2n) is 14.3. The Kier molecular flexibility index (Phi) is 61.8. The van der Waals surface area contributed by atoms with Gasteiger partial charge < -0.3 is 25.3 Å². The molecule has 0 bridgehead atoms. The van der Waals surface area contributed by atoms with Gasteiger partial charge in [0, 0.05) is 146 Å². The molecule has 0 saturated carbocycles. The van der Waals surface area contributed by atoms with Gasteiger partial charge in [-0.2, -0.15) is 9.79 Å². The molecule has 12 heteroatoms. The van der Waals surface area contributed by atoms with Gasteiger partial charge in [0.25, 0.3) is 0 Å². The van der Waals surface area contributed by atoms with Gasteiger partial charge in [-0.1, -0.05) is 60.7 Å². The van der Waals surface area contributed by atoms with E-state index in [4.69, 9.17) is 25.3 Å². The van der Waals surface area contributed by atoms with Crippen LogP contribution in [0.5, 0.6) is 0 Å². The number of benzene rings is 2. The van der Waals surface area contributed by atoms with E-state index >= 15 is 0 Å². The molecule has 0 fully saturated rings. The zero-order valence-corrected chi connectivity index (χ0v) is 46.8. The van der Waals surface area contributed by atoms with E-state index in [2.05, 4.69) is 107 Å². The average Bonchev–Trinajstić information content (AvgIpc) is 2.95. The monoisotopic (exact) mass is 1030 g/mol. The van der Waals surface area contributed by atoms with Crippen LogP contribution in [0.1, 0.15) is 0 Å². The maximum atomic E-state index is 4.81. The van der Waals surface area contributed by atoms with E-state index in [1.165, 1.54) is 49.3 Å². The Morgan fingerprint density at radius 3 is 0.479 bits per heavy atom. The first-order valence-electron chi connectivity index (χ1n) is 17.1. The molecule has 0 saturated heterocycles. The maximum absolute atomic E-state index is 4.81. The second kappa shape index (κ2) is 46.7. The van der Waals surface area contributed by atoms with Crippen LogP contribution in [0.2, 0.25) is 0 Å². The summed E-state index contributed by atoms with van der Waals surface area (Å²) in [6.45, 7) is 38.4. The van der Waals surface area contributed by atoms with Crippen LogP contribution in [-0.4, -0.2) is 156 Å². The van der Waals surface area contributed by atoms with Crippen molar-refractivity contribution >= 4 is 88.6 Å². The van der Waals surface area contributed by atoms with Gasteiger partial charge in [0.1, 0.15) is 0 Å². The molecule has 0 aliphatic rings. The van der Waals surface area contributed by atoms with Crippen LogP contribution in [0, 0.1) is 0 Å². The van der Waals surface area contributed by atoms with Crippen LogP contribution in [0.3, 0.4) is 0 Å². The minimum atomic E-state index is 0. The summed E-state index contributed by atoms with van der Waals surface area (Å²) in [5.41, 5.74) is 0. The number of hydrogen-bond donors (Lipinski definition) is 0. The van der Waals surface area contributed by atoms with E-state index in [1.54, 1.807) is 0 Å². The Labute approximate surface area is 350 Å². The van der Waals surface area contributed by atoms with Crippen molar-refractivity contribution in [2.75, 3.05) is 156 Å². The quantitative estimate of drug-likeness (QED) is 0.118. The van der Waals surface area contributed by atoms with Gasteiger partial charge in [-0.05, 0) is 63.4 Å².